The van der Waals surface area contributed by atoms with Crippen molar-refractivity contribution in [1.29, 1.82) is 0 Å². The van der Waals surface area contributed by atoms with E-state index in [-0.39, 0.29) is 55.2 Å². The number of aliphatic hydroxyl groups excluding tert-OH is 1. The van der Waals surface area contributed by atoms with Crippen LogP contribution < -0.4 is 5.32 Å². The zero-order valence-corrected chi connectivity index (χ0v) is 18.7. The maximum atomic E-state index is 13.7. The Morgan fingerprint density at radius 3 is 2.44 bits per heavy atom. The van der Waals surface area contributed by atoms with Crippen LogP contribution in [-0.4, -0.2) is 66.3 Å². The Morgan fingerprint density at radius 1 is 1.19 bits per heavy atom. The standard InChI is InChI=1S/C19H32FN3O.3ClH/c1-3-22(4-2)12-7-11-21-18-10-13-23(15-19(18)24)14-16-8-5-6-9-17(16)20;;;/h5-6,8-9,18-19,21,24H,3-4,7,10-15H2,1-2H3;3*1H/t18-,19-;;;/m1.../s1. The predicted molar refractivity (Wildman–Crippen MR) is 118 cm³/mol. The molecule has 1 aromatic rings. The van der Waals surface area contributed by atoms with Crippen molar-refractivity contribution < 1.29 is 9.50 Å². The van der Waals surface area contributed by atoms with Crippen molar-refractivity contribution in [2.24, 2.45) is 0 Å². The van der Waals surface area contributed by atoms with Crippen LogP contribution in [0, 0.1) is 5.82 Å². The topological polar surface area (TPSA) is 38.7 Å². The minimum atomic E-state index is -0.390. The van der Waals surface area contributed by atoms with Gasteiger partial charge in [0, 0.05) is 31.2 Å². The third-order valence-corrected chi connectivity index (χ3v) is 4.97. The molecule has 2 rings (SSSR count). The minimum absolute atomic E-state index is 0. The fourth-order valence-electron chi connectivity index (χ4n) is 3.38. The van der Waals surface area contributed by atoms with E-state index in [0.29, 0.717) is 18.7 Å². The number of nitrogens with zero attached hydrogens (tertiary/aromatic N) is 2. The molecule has 160 valence electrons. The summed E-state index contributed by atoms with van der Waals surface area (Å²) in [5, 5.41) is 13.9. The van der Waals surface area contributed by atoms with Gasteiger partial charge in [0.2, 0.25) is 0 Å². The summed E-state index contributed by atoms with van der Waals surface area (Å²) in [6, 6.07) is 7.04. The van der Waals surface area contributed by atoms with Gasteiger partial charge >= 0.3 is 0 Å². The molecule has 0 radical (unpaired) electrons. The highest BCUT2D eigenvalue weighted by Crippen LogP contribution is 2.16. The summed E-state index contributed by atoms with van der Waals surface area (Å²) in [5.41, 5.74) is 0.704. The van der Waals surface area contributed by atoms with Crippen LogP contribution in [0.4, 0.5) is 4.39 Å². The number of halogens is 4. The van der Waals surface area contributed by atoms with Crippen LogP contribution in [-0.2, 0) is 6.54 Å². The number of nitrogens with one attached hydrogen (secondary N) is 1. The number of hydrogen-bond acceptors (Lipinski definition) is 4. The molecule has 27 heavy (non-hydrogen) atoms. The molecule has 0 spiro atoms. The normalized spacial score (nSPS) is 19.7. The molecular weight excluding hydrogens is 412 g/mol. The first-order valence-electron chi connectivity index (χ1n) is 9.23. The van der Waals surface area contributed by atoms with E-state index in [4.69, 9.17) is 0 Å². The highest BCUT2D eigenvalue weighted by Gasteiger charge is 2.27. The molecule has 0 unspecified atom stereocenters. The molecule has 1 aliphatic rings. The van der Waals surface area contributed by atoms with Gasteiger partial charge in [-0.25, -0.2) is 4.39 Å². The molecule has 0 saturated carbocycles. The van der Waals surface area contributed by atoms with E-state index in [2.05, 4.69) is 29.0 Å². The van der Waals surface area contributed by atoms with Crippen LogP contribution in [0.15, 0.2) is 24.3 Å². The fourth-order valence-corrected chi connectivity index (χ4v) is 3.38. The Kier molecular flexibility index (Phi) is 16.9. The van der Waals surface area contributed by atoms with Crippen molar-refractivity contribution >= 4 is 37.2 Å². The van der Waals surface area contributed by atoms with Gasteiger partial charge in [-0.3, -0.25) is 4.90 Å². The van der Waals surface area contributed by atoms with Gasteiger partial charge in [-0.15, -0.1) is 37.2 Å². The van der Waals surface area contributed by atoms with Crippen molar-refractivity contribution in [3.05, 3.63) is 35.6 Å². The van der Waals surface area contributed by atoms with E-state index in [1.807, 2.05) is 12.1 Å². The molecule has 1 aliphatic heterocycles. The Bertz CT molecular complexity index is 495. The first kappa shape index (κ1) is 29.1. The molecular formula is C19H35Cl3FN3O. The lowest BCUT2D eigenvalue weighted by atomic mass is 10.0. The summed E-state index contributed by atoms with van der Waals surface area (Å²) in [7, 11) is 0. The number of piperidine rings is 1. The summed E-state index contributed by atoms with van der Waals surface area (Å²) in [5.74, 6) is -0.163. The van der Waals surface area contributed by atoms with Crippen molar-refractivity contribution in [2.45, 2.75) is 45.4 Å². The molecule has 0 amide bonds. The molecule has 8 heteroatoms. The average molecular weight is 447 g/mol. The van der Waals surface area contributed by atoms with Crippen molar-refractivity contribution in [2.75, 3.05) is 39.3 Å². The molecule has 0 aromatic heterocycles. The number of β-amino-alcohol motifs (C(OH)–C–C–N with tert-alkyl or cyclic N) is 1. The summed E-state index contributed by atoms with van der Waals surface area (Å²) < 4.78 is 13.7. The third-order valence-electron chi connectivity index (χ3n) is 4.97. The fraction of sp³-hybridized carbons (Fsp3) is 0.684. The van der Waals surface area contributed by atoms with Gasteiger partial charge in [-0.1, -0.05) is 32.0 Å². The molecule has 1 fully saturated rings. The Labute approximate surface area is 182 Å². The van der Waals surface area contributed by atoms with Crippen LogP contribution in [0.25, 0.3) is 0 Å². The third kappa shape index (κ3) is 9.75. The number of aliphatic hydroxyl groups is 1. The van der Waals surface area contributed by atoms with E-state index in [1.54, 1.807) is 6.07 Å². The van der Waals surface area contributed by atoms with Crippen LogP contribution in [0.3, 0.4) is 0 Å². The summed E-state index contributed by atoms with van der Waals surface area (Å²) >= 11 is 0. The SMILES string of the molecule is CCN(CC)CCCN[C@@H]1CCN(Cc2ccccc2F)C[C@H]1O.Cl.Cl.Cl. The van der Waals surface area contributed by atoms with Gasteiger partial charge < -0.3 is 15.3 Å². The summed E-state index contributed by atoms with van der Waals surface area (Å²) in [6.45, 7) is 10.6. The summed E-state index contributed by atoms with van der Waals surface area (Å²) in [6.07, 6.45) is 1.61. The van der Waals surface area contributed by atoms with Gasteiger partial charge in [0.05, 0.1) is 6.10 Å². The largest absolute Gasteiger partial charge is 0.390 e. The first-order valence-corrected chi connectivity index (χ1v) is 9.23. The minimum Gasteiger partial charge on any atom is -0.390 e. The van der Waals surface area contributed by atoms with E-state index in [0.717, 1.165) is 45.6 Å². The number of rotatable bonds is 9. The van der Waals surface area contributed by atoms with Gasteiger partial charge in [0.15, 0.2) is 0 Å². The lowest BCUT2D eigenvalue weighted by Crippen LogP contribution is -2.52. The lowest BCUT2D eigenvalue weighted by molar-refractivity contribution is 0.0365. The van der Waals surface area contributed by atoms with Crippen LogP contribution in [0.5, 0.6) is 0 Å². The Hall–Kier alpha value is -0.140. The molecule has 2 N–H and O–H groups in total. The highest BCUT2D eigenvalue weighted by atomic mass is 35.5. The van der Waals surface area contributed by atoms with Crippen LogP contribution in [0.1, 0.15) is 32.3 Å². The van der Waals surface area contributed by atoms with Gasteiger partial charge in [0.1, 0.15) is 5.82 Å². The smallest absolute Gasteiger partial charge is 0.127 e. The van der Waals surface area contributed by atoms with Crippen molar-refractivity contribution in [3.63, 3.8) is 0 Å². The van der Waals surface area contributed by atoms with Crippen molar-refractivity contribution in [3.8, 4) is 0 Å². The Morgan fingerprint density at radius 2 is 1.85 bits per heavy atom. The van der Waals surface area contributed by atoms with Crippen LogP contribution in [0.2, 0.25) is 0 Å². The lowest BCUT2D eigenvalue weighted by Gasteiger charge is -2.36. The first-order chi connectivity index (χ1) is 11.6. The maximum absolute atomic E-state index is 13.7. The van der Waals surface area contributed by atoms with Crippen LogP contribution >= 0.6 is 37.2 Å². The molecule has 0 bridgehead atoms. The van der Waals surface area contributed by atoms with Gasteiger partial charge in [0.25, 0.3) is 0 Å². The molecule has 0 aliphatic carbocycles. The second-order valence-corrected chi connectivity index (χ2v) is 6.62. The maximum Gasteiger partial charge on any atom is 0.127 e. The van der Waals surface area contributed by atoms with E-state index < -0.39 is 0 Å². The molecule has 2 atom stereocenters. The Balaban J connectivity index is 0. The second kappa shape index (κ2) is 15.7. The molecule has 1 heterocycles. The van der Waals surface area contributed by atoms with E-state index >= 15 is 0 Å². The molecule has 4 nitrogen and oxygen atoms in total. The molecule has 1 saturated heterocycles. The highest BCUT2D eigenvalue weighted by molar-refractivity contribution is 5.86. The number of hydrogen-bond donors (Lipinski definition) is 2. The predicted octanol–water partition coefficient (Wildman–Crippen LogP) is 3.35. The molecule has 1 aromatic carbocycles. The van der Waals surface area contributed by atoms with Gasteiger partial charge in [-0.2, -0.15) is 0 Å². The van der Waals surface area contributed by atoms with E-state index in [9.17, 15) is 9.50 Å². The number of benzene rings is 1. The monoisotopic (exact) mass is 445 g/mol. The van der Waals surface area contributed by atoms with E-state index in [1.165, 1.54) is 6.07 Å². The zero-order chi connectivity index (χ0) is 17.4. The second-order valence-electron chi connectivity index (χ2n) is 6.62. The number of likely N-dealkylation sites (tertiary alicyclic amines) is 1. The van der Waals surface area contributed by atoms with Crippen molar-refractivity contribution in [1.82, 2.24) is 15.1 Å². The zero-order valence-electron chi connectivity index (χ0n) is 16.3. The quantitative estimate of drug-likeness (QED) is 0.571. The average Bonchev–Trinajstić information content (AvgIpc) is 2.59. The van der Waals surface area contributed by atoms with Gasteiger partial charge in [-0.05, 0) is 45.1 Å². The summed E-state index contributed by atoms with van der Waals surface area (Å²) in [4.78, 5) is 4.55.